The molecule has 1 aromatic carbocycles. The Hall–Kier alpha value is -2.28. The fraction of sp³-hybridized carbons (Fsp3) is 0.619. The number of carbonyl (C=O) groups is 2. The highest BCUT2D eigenvalue weighted by molar-refractivity contribution is 5.76. The highest BCUT2D eigenvalue weighted by atomic mass is 16.5. The van der Waals surface area contributed by atoms with Crippen LogP contribution in [-0.2, 0) is 4.79 Å². The zero-order valence-electron chi connectivity index (χ0n) is 16.8. The molecule has 2 aliphatic rings. The van der Waals surface area contributed by atoms with E-state index in [9.17, 15) is 14.7 Å². The molecule has 3 atom stereocenters. The number of hydrogen-bond acceptors (Lipinski definition) is 4. The molecule has 0 radical (unpaired) electrons. The molecule has 2 heterocycles. The minimum atomic E-state index is -0.823. The van der Waals surface area contributed by atoms with E-state index in [1.165, 1.54) is 12.8 Å². The van der Waals surface area contributed by atoms with Crippen molar-refractivity contribution in [2.45, 2.75) is 32.2 Å². The highest BCUT2D eigenvalue weighted by Gasteiger charge is 2.32. The van der Waals surface area contributed by atoms with Gasteiger partial charge < -0.3 is 20.1 Å². The van der Waals surface area contributed by atoms with Crippen molar-refractivity contribution in [3.63, 3.8) is 0 Å². The van der Waals surface area contributed by atoms with Gasteiger partial charge in [0.25, 0.3) is 0 Å². The number of carboxylic acid groups (broad SMARTS) is 1. The second kappa shape index (κ2) is 9.28. The van der Waals surface area contributed by atoms with Gasteiger partial charge in [-0.1, -0.05) is 19.1 Å². The van der Waals surface area contributed by atoms with Crippen LogP contribution in [0.1, 0.15) is 37.8 Å². The average molecular weight is 389 g/mol. The topological polar surface area (TPSA) is 82.1 Å². The van der Waals surface area contributed by atoms with Gasteiger partial charge in [-0.05, 0) is 56.0 Å². The molecule has 0 spiro atoms. The second-order valence-corrected chi connectivity index (χ2v) is 8.00. The van der Waals surface area contributed by atoms with Crippen LogP contribution in [0.3, 0.4) is 0 Å². The number of carbonyl (C=O) groups excluding carboxylic acids is 1. The maximum atomic E-state index is 12.8. The molecule has 28 heavy (non-hydrogen) atoms. The number of nitrogens with zero attached hydrogens (tertiary/aromatic N) is 2. The van der Waals surface area contributed by atoms with E-state index >= 15 is 0 Å². The summed E-state index contributed by atoms with van der Waals surface area (Å²) in [5.74, 6) is -0.312. The quantitative estimate of drug-likeness (QED) is 0.782. The molecule has 0 aliphatic carbocycles. The molecule has 2 N–H and O–H groups in total. The van der Waals surface area contributed by atoms with Gasteiger partial charge in [0.05, 0.1) is 19.1 Å². The lowest BCUT2D eigenvalue weighted by Gasteiger charge is -2.35. The van der Waals surface area contributed by atoms with Gasteiger partial charge in [-0.25, -0.2) is 4.79 Å². The third-order valence-electron chi connectivity index (χ3n) is 5.80. The van der Waals surface area contributed by atoms with Gasteiger partial charge in [0.2, 0.25) is 0 Å². The Labute approximate surface area is 166 Å². The summed E-state index contributed by atoms with van der Waals surface area (Å²) >= 11 is 0. The molecule has 7 nitrogen and oxygen atoms in total. The van der Waals surface area contributed by atoms with Gasteiger partial charge in [0.1, 0.15) is 5.75 Å². The third kappa shape index (κ3) is 4.95. The average Bonchev–Trinajstić information content (AvgIpc) is 3.22. The first kappa shape index (κ1) is 20.5. The summed E-state index contributed by atoms with van der Waals surface area (Å²) in [4.78, 5) is 28.2. The number of benzene rings is 1. The Kier molecular flexibility index (Phi) is 6.78. The van der Waals surface area contributed by atoms with Crippen molar-refractivity contribution < 1.29 is 19.4 Å². The summed E-state index contributed by atoms with van der Waals surface area (Å²) in [5, 5.41) is 12.4. The van der Waals surface area contributed by atoms with E-state index in [2.05, 4.69) is 16.3 Å². The van der Waals surface area contributed by atoms with Gasteiger partial charge in [-0.15, -0.1) is 0 Å². The van der Waals surface area contributed by atoms with Crippen molar-refractivity contribution in [1.29, 1.82) is 0 Å². The highest BCUT2D eigenvalue weighted by Crippen LogP contribution is 2.27. The fourth-order valence-corrected chi connectivity index (χ4v) is 4.35. The second-order valence-electron chi connectivity index (χ2n) is 8.00. The lowest BCUT2D eigenvalue weighted by Crippen LogP contribution is -2.50. The largest absolute Gasteiger partial charge is 0.497 e. The smallest absolute Gasteiger partial charge is 0.317 e. The van der Waals surface area contributed by atoms with E-state index in [1.54, 1.807) is 12.0 Å². The predicted molar refractivity (Wildman–Crippen MR) is 106 cm³/mol. The van der Waals surface area contributed by atoms with Crippen molar-refractivity contribution in [3.05, 3.63) is 29.8 Å². The summed E-state index contributed by atoms with van der Waals surface area (Å²) in [7, 11) is 1.65. The Balaban J connectivity index is 1.67. The number of carboxylic acids is 1. The van der Waals surface area contributed by atoms with Crippen molar-refractivity contribution in [2.24, 2.45) is 11.8 Å². The van der Waals surface area contributed by atoms with Gasteiger partial charge in [0, 0.05) is 19.6 Å². The number of hydrogen-bond donors (Lipinski definition) is 2. The molecule has 3 rings (SSSR count). The number of nitrogens with one attached hydrogen (secondary N) is 1. The molecule has 2 saturated heterocycles. The molecule has 154 valence electrons. The first-order chi connectivity index (χ1) is 13.5. The van der Waals surface area contributed by atoms with Crippen molar-refractivity contribution in [2.75, 3.05) is 39.8 Å². The number of urea groups is 1. The lowest BCUT2D eigenvalue weighted by atomic mass is 9.91. The van der Waals surface area contributed by atoms with E-state index in [0.717, 1.165) is 24.4 Å². The van der Waals surface area contributed by atoms with Crippen LogP contribution < -0.4 is 10.1 Å². The maximum Gasteiger partial charge on any atom is 0.317 e. The van der Waals surface area contributed by atoms with E-state index in [-0.39, 0.29) is 24.5 Å². The number of ether oxygens (including phenoxy) is 1. The predicted octanol–water partition coefficient (Wildman–Crippen LogP) is 2.58. The number of amides is 2. The number of aliphatic carboxylic acids is 1. The Morgan fingerprint density at radius 3 is 2.71 bits per heavy atom. The Morgan fingerprint density at radius 1 is 1.29 bits per heavy atom. The lowest BCUT2D eigenvalue weighted by molar-refractivity contribution is -0.143. The normalized spacial score (nSPS) is 24.0. The zero-order valence-corrected chi connectivity index (χ0v) is 16.8. The maximum absolute atomic E-state index is 12.8. The van der Waals surface area contributed by atoms with Crippen LogP contribution in [0.2, 0.25) is 0 Å². The first-order valence-corrected chi connectivity index (χ1v) is 10.1. The van der Waals surface area contributed by atoms with E-state index in [0.29, 0.717) is 19.5 Å². The molecule has 7 heteroatoms. The van der Waals surface area contributed by atoms with Gasteiger partial charge in [-0.3, -0.25) is 9.69 Å². The van der Waals surface area contributed by atoms with Crippen LogP contribution in [-0.4, -0.2) is 66.7 Å². The number of likely N-dealkylation sites (tertiary alicyclic amines) is 2. The molecule has 3 unspecified atom stereocenters. The molecule has 2 aliphatic heterocycles. The summed E-state index contributed by atoms with van der Waals surface area (Å²) in [5.41, 5.74) is 1.12. The van der Waals surface area contributed by atoms with Crippen LogP contribution in [0.4, 0.5) is 4.79 Å². The van der Waals surface area contributed by atoms with Crippen LogP contribution in [0.25, 0.3) is 0 Å². The molecule has 0 aromatic heterocycles. The summed E-state index contributed by atoms with van der Waals surface area (Å²) in [6.45, 7) is 5.40. The molecular formula is C21H31N3O4. The Morgan fingerprint density at radius 2 is 2.04 bits per heavy atom. The third-order valence-corrected chi connectivity index (χ3v) is 5.80. The van der Waals surface area contributed by atoms with E-state index in [1.807, 2.05) is 25.1 Å². The molecule has 0 bridgehead atoms. The summed E-state index contributed by atoms with van der Waals surface area (Å²) < 4.78 is 5.36. The molecular weight excluding hydrogens is 358 g/mol. The van der Waals surface area contributed by atoms with Crippen LogP contribution >= 0.6 is 0 Å². The molecule has 0 saturated carbocycles. The van der Waals surface area contributed by atoms with Crippen molar-refractivity contribution >= 4 is 12.0 Å². The minimum absolute atomic E-state index is 0.0824. The number of rotatable bonds is 6. The van der Waals surface area contributed by atoms with Crippen molar-refractivity contribution in [1.82, 2.24) is 15.1 Å². The Bertz CT molecular complexity index is 690. The SMILES string of the molecule is COc1cccc(C(CNC(=O)N2CC(C)CC(C(=O)O)C2)N2CCCC2)c1. The minimum Gasteiger partial charge on any atom is -0.497 e. The standard InChI is InChI=1S/C21H31N3O4/c1-15-10-17(20(25)26)14-24(13-15)21(27)22-12-19(23-8-3-4-9-23)16-6-5-7-18(11-16)28-2/h5-7,11,15,17,19H,3-4,8-10,12-14H2,1-2H3,(H,22,27)(H,25,26). The van der Waals surface area contributed by atoms with Crippen LogP contribution in [0.15, 0.2) is 24.3 Å². The fourth-order valence-electron chi connectivity index (χ4n) is 4.35. The number of piperidine rings is 1. The van der Waals surface area contributed by atoms with E-state index in [4.69, 9.17) is 4.74 Å². The molecule has 1 aromatic rings. The molecule has 2 amide bonds. The van der Waals surface area contributed by atoms with Crippen LogP contribution in [0.5, 0.6) is 5.75 Å². The monoisotopic (exact) mass is 389 g/mol. The molecule has 2 fully saturated rings. The van der Waals surface area contributed by atoms with Gasteiger partial charge in [-0.2, -0.15) is 0 Å². The van der Waals surface area contributed by atoms with Gasteiger partial charge in [0.15, 0.2) is 0 Å². The van der Waals surface area contributed by atoms with Gasteiger partial charge >= 0.3 is 12.0 Å². The zero-order chi connectivity index (χ0) is 20.1. The van der Waals surface area contributed by atoms with E-state index < -0.39 is 11.9 Å². The first-order valence-electron chi connectivity index (χ1n) is 10.1. The van der Waals surface area contributed by atoms with Crippen LogP contribution in [0, 0.1) is 11.8 Å². The summed E-state index contributed by atoms with van der Waals surface area (Å²) in [6, 6.07) is 7.90. The summed E-state index contributed by atoms with van der Waals surface area (Å²) in [6.07, 6.45) is 2.95. The van der Waals surface area contributed by atoms with Crippen molar-refractivity contribution in [3.8, 4) is 5.75 Å². The number of methoxy groups -OCH3 is 1.